The molecule has 0 saturated heterocycles. The summed E-state index contributed by atoms with van der Waals surface area (Å²) < 4.78 is 1.07. The van der Waals surface area contributed by atoms with Gasteiger partial charge in [0.25, 0.3) is 0 Å². The van der Waals surface area contributed by atoms with E-state index in [1.807, 2.05) is 30.7 Å². The van der Waals surface area contributed by atoms with Crippen LogP contribution in [-0.4, -0.2) is 18.0 Å². The Bertz CT molecular complexity index is 893. The third-order valence-corrected chi connectivity index (χ3v) is 5.29. The Morgan fingerprint density at radius 1 is 1.22 bits per heavy atom. The number of halogens is 1. The summed E-state index contributed by atoms with van der Waals surface area (Å²) in [6.45, 7) is 5.73. The van der Waals surface area contributed by atoms with Gasteiger partial charge in [0, 0.05) is 32.3 Å². The topological polar surface area (TPSA) is 37.3 Å². The average Bonchev–Trinajstić information content (AvgIpc) is 2.56. The van der Waals surface area contributed by atoms with Crippen molar-refractivity contribution in [3.8, 4) is 0 Å². The molecule has 3 nitrogen and oxygen atoms in total. The summed E-state index contributed by atoms with van der Waals surface area (Å²) in [5.74, 6) is 0. The van der Waals surface area contributed by atoms with Gasteiger partial charge in [-0.05, 0) is 61.9 Å². The molecule has 0 fully saturated rings. The number of anilines is 2. The Balaban J connectivity index is 2.05. The van der Waals surface area contributed by atoms with Crippen molar-refractivity contribution in [1.82, 2.24) is 4.98 Å². The van der Waals surface area contributed by atoms with Gasteiger partial charge >= 0.3 is 0 Å². The molecule has 3 rings (SSSR count). The van der Waals surface area contributed by atoms with Crippen molar-refractivity contribution in [2.45, 2.75) is 11.8 Å². The first-order chi connectivity index (χ1) is 11.1. The first-order valence-electron chi connectivity index (χ1n) is 7.09. The Kier molecular flexibility index (Phi) is 4.68. The number of benzene rings is 2. The number of rotatable bonds is 4. The van der Waals surface area contributed by atoms with Crippen molar-refractivity contribution < 1.29 is 0 Å². The second-order valence-electron chi connectivity index (χ2n) is 5.15. The maximum atomic E-state index is 4.44. The first kappa shape index (κ1) is 16.0. The van der Waals surface area contributed by atoms with Crippen LogP contribution in [0.2, 0.25) is 0 Å². The third kappa shape index (κ3) is 3.26. The molecule has 2 aromatic carbocycles. The number of fused-ring (bicyclic) bond motifs is 1. The van der Waals surface area contributed by atoms with Gasteiger partial charge in [-0.25, -0.2) is 0 Å². The number of hydrogen-bond donors (Lipinski definition) is 1. The summed E-state index contributed by atoms with van der Waals surface area (Å²) in [4.78, 5) is 9.66. The maximum absolute atomic E-state index is 4.44. The predicted octanol–water partition coefficient (Wildman–Crippen LogP) is 6.10. The second kappa shape index (κ2) is 6.72. The van der Waals surface area contributed by atoms with E-state index in [1.54, 1.807) is 11.8 Å². The number of thioether (sulfide) groups is 1. The Morgan fingerprint density at radius 3 is 2.78 bits per heavy atom. The minimum Gasteiger partial charge on any atom is -0.355 e. The smallest absolute Gasteiger partial charge is 0.0778 e. The average molecular weight is 386 g/mol. The van der Waals surface area contributed by atoms with E-state index < -0.39 is 0 Å². The molecule has 1 heterocycles. The lowest BCUT2D eigenvalue weighted by Crippen LogP contribution is -1.93. The van der Waals surface area contributed by atoms with E-state index in [0.29, 0.717) is 0 Å². The molecular weight excluding hydrogens is 370 g/mol. The fourth-order valence-electron chi connectivity index (χ4n) is 2.43. The van der Waals surface area contributed by atoms with Crippen molar-refractivity contribution >= 4 is 62.4 Å². The fraction of sp³-hybridized carbons (Fsp3) is 0.111. The van der Waals surface area contributed by atoms with Crippen LogP contribution in [0, 0.1) is 6.92 Å². The Labute approximate surface area is 148 Å². The Morgan fingerprint density at radius 2 is 2.04 bits per heavy atom. The van der Waals surface area contributed by atoms with E-state index in [4.69, 9.17) is 0 Å². The zero-order valence-corrected chi connectivity index (χ0v) is 15.3. The lowest BCUT2D eigenvalue weighted by molar-refractivity contribution is 1.36. The molecule has 0 aliphatic heterocycles. The van der Waals surface area contributed by atoms with Crippen LogP contribution in [0.4, 0.5) is 17.1 Å². The molecule has 0 radical (unpaired) electrons. The standard InChI is InChI=1S/C18H16BrN3S/c1-11-8-13-15(6-7-21-16(13)10-14(11)19)22-12-4-5-18(23-3)17(9-12)20-2/h4-10H,2H2,1,3H3,(H,21,22). The van der Waals surface area contributed by atoms with E-state index in [-0.39, 0.29) is 0 Å². The molecule has 0 aliphatic carbocycles. The molecule has 0 unspecified atom stereocenters. The first-order valence-corrected chi connectivity index (χ1v) is 9.11. The van der Waals surface area contributed by atoms with Crippen molar-refractivity contribution in [2.24, 2.45) is 4.99 Å². The quantitative estimate of drug-likeness (QED) is 0.435. The largest absolute Gasteiger partial charge is 0.355 e. The van der Waals surface area contributed by atoms with Crippen molar-refractivity contribution in [3.05, 3.63) is 52.6 Å². The van der Waals surface area contributed by atoms with Crippen LogP contribution in [-0.2, 0) is 0 Å². The normalized spacial score (nSPS) is 10.7. The predicted molar refractivity (Wildman–Crippen MR) is 105 cm³/mol. The zero-order valence-electron chi connectivity index (χ0n) is 12.9. The van der Waals surface area contributed by atoms with Crippen molar-refractivity contribution in [3.63, 3.8) is 0 Å². The highest BCUT2D eigenvalue weighted by molar-refractivity contribution is 9.10. The van der Waals surface area contributed by atoms with Gasteiger partial charge in [0.1, 0.15) is 0 Å². The number of nitrogens with zero attached hydrogens (tertiary/aromatic N) is 2. The van der Waals surface area contributed by atoms with Gasteiger partial charge in [0.05, 0.1) is 11.2 Å². The molecule has 0 saturated carbocycles. The molecule has 0 bridgehead atoms. The van der Waals surface area contributed by atoms with Crippen LogP contribution in [0.3, 0.4) is 0 Å². The number of aliphatic imine (C=N–C) groups is 1. The third-order valence-electron chi connectivity index (χ3n) is 3.65. The van der Waals surface area contributed by atoms with Crippen LogP contribution in [0.1, 0.15) is 5.56 Å². The van der Waals surface area contributed by atoms with Crippen molar-refractivity contribution in [1.29, 1.82) is 0 Å². The van der Waals surface area contributed by atoms with Gasteiger partial charge in [-0.3, -0.25) is 9.98 Å². The number of pyridine rings is 1. The molecule has 0 amide bonds. The molecule has 3 aromatic rings. The summed E-state index contributed by atoms with van der Waals surface area (Å²) in [6, 6.07) is 12.3. The highest BCUT2D eigenvalue weighted by Crippen LogP contribution is 2.33. The van der Waals surface area contributed by atoms with Gasteiger partial charge in [-0.15, -0.1) is 11.8 Å². The number of hydrogen-bond acceptors (Lipinski definition) is 4. The van der Waals surface area contributed by atoms with E-state index >= 15 is 0 Å². The van der Waals surface area contributed by atoms with Gasteiger partial charge < -0.3 is 5.32 Å². The molecule has 0 atom stereocenters. The lowest BCUT2D eigenvalue weighted by Gasteiger charge is -2.12. The van der Waals surface area contributed by atoms with Crippen LogP contribution in [0.25, 0.3) is 10.9 Å². The summed E-state index contributed by atoms with van der Waals surface area (Å²) in [6.07, 6.45) is 3.85. The van der Waals surface area contributed by atoms with Gasteiger partial charge in [0.2, 0.25) is 0 Å². The van der Waals surface area contributed by atoms with Crippen molar-refractivity contribution in [2.75, 3.05) is 11.6 Å². The van der Waals surface area contributed by atoms with Gasteiger partial charge in [0.15, 0.2) is 0 Å². The molecule has 0 spiro atoms. The number of aromatic nitrogens is 1. The van der Waals surface area contributed by atoms with E-state index in [0.717, 1.165) is 37.3 Å². The van der Waals surface area contributed by atoms with E-state index in [9.17, 15) is 0 Å². The Hall–Kier alpha value is -1.85. The van der Waals surface area contributed by atoms with E-state index in [2.05, 4.69) is 63.1 Å². The lowest BCUT2D eigenvalue weighted by atomic mass is 10.1. The minimum absolute atomic E-state index is 0.889. The highest BCUT2D eigenvalue weighted by atomic mass is 79.9. The SMILES string of the molecule is C=Nc1cc(Nc2ccnc3cc(Br)c(C)cc23)ccc1SC. The zero-order chi connectivity index (χ0) is 16.4. The molecule has 23 heavy (non-hydrogen) atoms. The summed E-state index contributed by atoms with van der Waals surface area (Å²) in [7, 11) is 0. The van der Waals surface area contributed by atoms with Crippen LogP contribution in [0.15, 0.2) is 57.0 Å². The summed E-state index contributed by atoms with van der Waals surface area (Å²) in [5, 5.41) is 4.56. The molecule has 0 aliphatic rings. The molecular formula is C18H16BrN3S. The van der Waals surface area contributed by atoms with Crippen LogP contribution in [0.5, 0.6) is 0 Å². The second-order valence-corrected chi connectivity index (χ2v) is 6.85. The molecule has 5 heteroatoms. The summed E-state index contributed by atoms with van der Waals surface area (Å²) in [5.41, 5.74) is 5.03. The monoisotopic (exact) mass is 385 g/mol. The number of nitrogens with one attached hydrogen (secondary N) is 1. The number of aryl methyl sites for hydroxylation is 1. The fourth-order valence-corrected chi connectivity index (χ4v) is 3.30. The van der Waals surface area contributed by atoms with E-state index in [1.165, 1.54) is 5.56 Å². The van der Waals surface area contributed by atoms with Gasteiger partial charge in [-0.1, -0.05) is 15.9 Å². The van der Waals surface area contributed by atoms with Crippen LogP contribution < -0.4 is 5.32 Å². The molecule has 1 aromatic heterocycles. The summed E-state index contributed by atoms with van der Waals surface area (Å²) >= 11 is 5.22. The van der Waals surface area contributed by atoms with Crippen LogP contribution >= 0.6 is 27.7 Å². The molecule has 1 N–H and O–H groups in total. The highest BCUT2D eigenvalue weighted by Gasteiger charge is 2.07. The minimum atomic E-state index is 0.889. The maximum Gasteiger partial charge on any atom is 0.0778 e. The molecule has 116 valence electrons. The van der Waals surface area contributed by atoms with Gasteiger partial charge in [-0.2, -0.15) is 0 Å².